The molecule has 0 saturated carbocycles. The number of hydrogen-bond donors (Lipinski definition) is 0. The van der Waals surface area contributed by atoms with Gasteiger partial charge in [-0.25, -0.2) is 18.6 Å². The first kappa shape index (κ1) is 22.8. The molecule has 0 fully saturated rings. The van der Waals surface area contributed by atoms with Crippen LogP contribution in [0.5, 0.6) is 0 Å². The number of amides is 1. The SMILES string of the molecule is CN(C)CCN(C(=O)c1cc2ccccc2oc1=O)c1nc2c(F)cc(F)cc2s1.Cl. The first-order valence-corrected chi connectivity index (χ1v) is 9.90. The lowest BCUT2D eigenvalue weighted by Crippen LogP contribution is -2.38. The molecule has 4 rings (SSSR count). The van der Waals surface area contributed by atoms with Gasteiger partial charge in [0.25, 0.3) is 5.91 Å². The zero-order valence-corrected chi connectivity index (χ0v) is 18.2. The van der Waals surface area contributed by atoms with Crippen LogP contribution < -0.4 is 10.5 Å². The highest BCUT2D eigenvalue weighted by Crippen LogP contribution is 2.32. The molecule has 0 radical (unpaired) electrons. The topological polar surface area (TPSA) is 66.7 Å². The molecule has 6 nitrogen and oxygen atoms in total. The zero-order valence-electron chi connectivity index (χ0n) is 16.6. The Morgan fingerprint density at radius 2 is 1.87 bits per heavy atom. The third-order valence-electron chi connectivity index (χ3n) is 4.52. The highest BCUT2D eigenvalue weighted by atomic mass is 35.5. The van der Waals surface area contributed by atoms with E-state index in [1.165, 1.54) is 17.0 Å². The fraction of sp³-hybridized carbons (Fsp3) is 0.190. The fourth-order valence-corrected chi connectivity index (χ4v) is 4.03. The van der Waals surface area contributed by atoms with Crippen LogP contribution in [0.15, 0.2) is 51.7 Å². The summed E-state index contributed by atoms with van der Waals surface area (Å²) in [7, 11) is 3.67. The van der Waals surface area contributed by atoms with Crippen LogP contribution in [0, 0.1) is 11.6 Å². The first-order chi connectivity index (χ1) is 14.3. The second-order valence-corrected chi connectivity index (χ2v) is 7.99. The number of nitrogens with zero attached hydrogens (tertiary/aromatic N) is 3. The summed E-state index contributed by atoms with van der Waals surface area (Å²) in [6, 6.07) is 10.2. The van der Waals surface area contributed by atoms with Gasteiger partial charge in [-0.3, -0.25) is 9.69 Å². The van der Waals surface area contributed by atoms with E-state index in [0.717, 1.165) is 17.4 Å². The number of fused-ring (bicyclic) bond motifs is 2. The molecule has 2 aromatic carbocycles. The van der Waals surface area contributed by atoms with Crippen molar-refractivity contribution < 1.29 is 18.0 Å². The normalized spacial score (nSPS) is 11.1. The van der Waals surface area contributed by atoms with Gasteiger partial charge in [-0.05, 0) is 32.3 Å². The van der Waals surface area contributed by atoms with Gasteiger partial charge in [0.2, 0.25) is 0 Å². The Bertz CT molecular complexity index is 1320. The second-order valence-electron chi connectivity index (χ2n) is 6.98. The van der Waals surface area contributed by atoms with E-state index >= 15 is 0 Å². The third-order valence-corrected chi connectivity index (χ3v) is 5.55. The minimum atomic E-state index is -0.808. The summed E-state index contributed by atoms with van der Waals surface area (Å²) in [6.07, 6.45) is 0. The fourth-order valence-electron chi connectivity index (χ4n) is 3.00. The zero-order chi connectivity index (χ0) is 21.4. The molecule has 31 heavy (non-hydrogen) atoms. The maximum Gasteiger partial charge on any atom is 0.349 e. The average Bonchev–Trinajstić information content (AvgIpc) is 3.11. The van der Waals surface area contributed by atoms with E-state index in [0.29, 0.717) is 17.5 Å². The quantitative estimate of drug-likeness (QED) is 0.411. The molecule has 0 unspecified atom stereocenters. The summed E-state index contributed by atoms with van der Waals surface area (Å²) < 4.78 is 33.3. The van der Waals surface area contributed by atoms with Crippen molar-refractivity contribution in [2.45, 2.75) is 0 Å². The molecule has 10 heteroatoms. The number of halogens is 3. The van der Waals surface area contributed by atoms with Crippen LogP contribution in [0.25, 0.3) is 21.2 Å². The van der Waals surface area contributed by atoms with Crippen molar-refractivity contribution in [3.63, 3.8) is 0 Å². The number of thiazole rings is 1. The summed E-state index contributed by atoms with van der Waals surface area (Å²) in [5.74, 6) is -2.15. The Kier molecular flexibility index (Phi) is 6.68. The summed E-state index contributed by atoms with van der Waals surface area (Å²) in [6.45, 7) is 0.666. The lowest BCUT2D eigenvalue weighted by molar-refractivity contribution is 0.0982. The summed E-state index contributed by atoms with van der Waals surface area (Å²) in [5, 5.41) is 0.777. The molecule has 162 valence electrons. The molecule has 4 aromatic rings. The van der Waals surface area contributed by atoms with Crippen molar-refractivity contribution >= 4 is 56.0 Å². The molecule has 0 bridgehead atoms. The van der Waals surface area contributed by atoms with Gasteiger partial charge in [0.15, 0.2) is 10.9 Å². The predicted octanol–water partition coefficient (Wildman–Crippen LogP) is 4.31. The number of carbonyl (C=O) groups is 1. The molecule has 0 N–H and O–H groups in total. The molecule has 1 amide bonds. The van der Waals surface area contributed by atoms with Gasteiger partial charge in [-0.2, -0.15) is 0 Å². The van der Waals surface area contributed by atoms with Gasteiger partial charge >= 0.3 is 5.63 Å². The summed E-state index contributed by atoms with van der Waals surface area (Å²) in [4.78, 5) is 33.1. The molecular weight excluding hydrogens is 448 g/mol. The number of hydrogen-bond acceptors (Lipinski definition) is 6. The van der Waals surface area contributed by atoms with Gasteiger partial charge in [-0.15, -0.1) is 12.4 Å². The smallest absolute Gasteiger partial charge is 0.349 e. The number of aromatic nitrogens is 1. The monoisotopic (exact) mass is 465 g/mol. The Hall–Kier alpha value is -2.88. The van der Waals surface area contributed by atoms with Gasteiger partial charge in [0.1, 0.15) is 22.5 Å². The highest BCUT2D eigenvalue weighted by Gasteiger charge is 2.25. The van der Waals surface area contributed by atoms with Crippen LogP contribution in [-0.4, -0.2) is 43.0 Å². The third kappa shape index (κ3) is 4.58. The maximum absolute atomic E-state index is 14.1. The molecule has 0 aliphatic carbocycles. The molecule has 0 aliphatic rings. The largest absolute Gasteiger partial charge is 0.422 e. The van der Waals surface area contributed by atoms with Crippen LogP contribution in [0.3, 0.4) is 0 Å². The van der Waals surface area contributed by atoms with E-state index in [-0.39, 0.29) is 39.9 Å². The first-order valence-electron chi connectivity index (χ1n) is 9.08. The highest BCUT2D eigenvalue weighted by molar-refractivity contribution is 7.22. The van der Waals surface area contributed by atoms with Gasteiger partial charge in [-0.1, -0.05) is 29.5 Å². The van der Waals surface area contributed by atoms with Crippen molar-refractivity contribution in [1.29, 1.82) is 0 Å². The molecule has 0 spiro atoms. The molecule has 0 atom stereocenters. The van der Waals surface area contributed by atoms with Crippen LogP contribution in [0.1, 0.15) is 10.4 Å². The number of likely N-dealkylation sites (N-methyl/N-ethyl adjacent to an activating group) is 1. The maximum atomic E-state index is 14.1. The lowest BCUT2D eigenvalue weighted by atomic mass is 10.1. The molecule has 2 heterocycles. The number of carbonyl (C=O) groups excluding carboxylic acids is 1. The van der Waals surface area contributed by atoms with Gasteiger partial charge in [0, 0.05) is 24.5 Å². The predicted molar refractivity (Wildman–Crippen MR) is 119 cm³/mol. The average molecular weight is 466 g/mol. The second kappa shape index (κ2) is 9.09. The van der Waals surface area contributed by atoms with Crippen molar-refractivity contribution in [2.24, 2.45) is 0 Å². The minimum absolute atomic E-state index is 0. The van der Waals surface area contributed by atoms with Crippen LogP contribution in [0.4, 0.5) is 13.9 Å². The van der Waals surface area contributed by atoms with E-state index in [2.05, 4.69) is 4.98 Å². The Balaban J connectivity index is 0.00000272. The van der Waals surface area contributed by atoms with Crippen molar-refractivity contribution in [3.05, 3.63) is 70.1 Å². The number of benzene rings is 2. The standard InChI is InChI=1S/C21H17F2N3O3S.ClH/c1-25(2)7-8-26(21-24-18-15(23)10-13(22)11-17(18)30-21)19(27)14-9-12-5-3-4-6-16(12)29-20(14)28;/h3-6,9-11H,7-8H2,1-2H3;1H. The van der Waals surface area contributed by atoms with Crippen molar-refractivity contribution in [2.75, 3.05) is 32.1 Å². The van der Waals surface area contributed by atoms with Gasteiger partial charge < -0.3 is 9.32 Å². The molecule has 0 saturated heterocycles. The summed E-state index contributed by atoms with van der Waals surface area (Å²) in [5.41, 5.74) is -0.578. The van der Waals surface area contributed by atoms with E-state index in [9.17, 15) is 18.4 Å². The summed E-state index contributed by atoms with van der Waals surface area (Å²) >= 11 is 0.981. The number of rotatable bonds is 5. The van der Waals surface area contributed by atoms with Crippen LogP contribution in [-0.2, 0) is 0 Å². The van der Waals surface area contributed by atoms with Crippen molar-refractivity contribution in [3.8, 4) is 0 Å². The molecule has 2 aromatic heterocycles. The van der Waals surface area contributed by atoms with E-state index in [4.69, 9.17) is 4.42 Å². The van der Waals surface area contributed by atoms with E-state index in [1.807, 2.05) is 19.0 Å². The van der Waals surface area contributed by atoms with Crippen molar-refractivity contribution in [1.82, 2.24) is 9.88 Å². The van der Waals surface area contributed by atoms with E-state index in [1.54, 1.807) is 24.3 Å². The van der Waals surface area contributed by atoms with Gasteiger partial charge in [0.05, 0.1) is 4.70 Å². The van der Waals surface area contributed by atoms with Crippen LogP contribution >= 0.6 is 23.7 Å². The van der Waals surface area contributed by atoms with E-state index < -0.39 is 23.2 Å². The Morgan fingerprint density at radius 3 is 2.61 bits per heavy atom. The minimum Gasteiger partial charge on any atom is -0.422 e. The number of para-hydroxylation sites is 1. The Morgan fingerprint density at radius 1 is 1.13 bits per heavy atom. The molecular formula is C21H18ClF2N3O3S. The van der Waals surface area contributed by atoms with Crippen LogP contribution in [0.2, 0.25) is 0 Å². The number of anilines is 1. The molecule has 0 aliphatic heterocycles. The Labute approximate surface area is 186 Å². The lowest BCUT2D eigenvalue weighted by Gasteiger charge is -2.21.